The Morgan fingerprint density at radius 3 is 2.29 bits per heavy atom. The van der Waals surface area contributed by atoms with Crippen molar-refractivity contribution in [3.05, 3.63) is 12.2 Å². The van der Waals surface area contributed by atoms with Gasteiger partial charge in [0.15, 0.2) is 0 Å². The Labute approximate surface area is 106 Å². The summed E-state index contributed by atoms with van der Waals surface area (Å²) in [6.45, 7) is 7.01. The van der Waals surface area contributed by atoms with Gasteiger partial charge < -0.3 is 0 Å². The molecular weight excluding hydrogens is 217 g/mol. The Morgan fingerprint density at radius 1 is 1.57 bits per heavy atom. The molecular formula is C7H13NNaO4S. The number of carbonyl (C=O) groups is 1. The molecule has 0 aromatic rings. The van der Waals surface area contributed by atoms with Crippen LogP contribution in [0.4, 0.5) is 0 Å². The number of hydrogen-bond acceptors (Lipinski definition) is 3. The number of hydrogen-bond donors (Lipinski definition) is 2. The van der Waals surface area contributed by atoms with Crippen LogP contribution in [-0.2, 0) is 15.1 Å². The monoisotopic (exact) mass is 230 g/mol. The number of amides is 1. The van der Waals surface area contributed by atoms with E-state index in [9.17, 15) is 13.2 Å². The normalized spacial score (nSPS) is 12.5. The maximum Gasteiger partial charge on any atom is 0.359 e. The van der Waals surface area contributed by atoms with Gasteiger partial charge in [-0.3, -0.25) is 9.35 Å². The molecule has 1 unspecified atom stereocenters. The molecule has 0 aliphatic heterocycles. The SMILES string of the molecule is C=C(C(=O)NS(=O)(=O)O)C(C)CC.[Na]. The average Bonchev–Trinajstić information content (AvgIpc) is 1.98. The van der Waals surface area contributed by atoms with Crippen LogP contribution in [0.5, 0.6) is 0 Å². The second kappa shape index (κ2) is 6.58. The molecule has 5 nitrogen and oxygen atoms in total. The van der Waals surface area contributed by atoms with E-state index in [0.29, 0.717) is 6.42 Å². The van der Waals surface area contributed by atoms with Crippen molar-refractivity contribution in [3.8, 4) is 0 Å². The van der Waals surface area contributed by atoms with Gasteiger partial charge >= 0.3 is 10.3 Å². The van der Waals surface area contributed by atoms with Gasteiger partial charge in [-0.1, -0.05) is 20.4 Å². The fraction of sp³-hybridized carbons (Fsp3) is 0.571. The minimum Gasteiger partial charge on any atom is -0.269 e. The molecule has 0 bridgehead atoms. The van der Waals surface area contributed by atoms with Gasteiger partial charge in [0, 0.05) is 35.1 Å². The van der Waals surface area contributed by atoms with Gasteiger partial charge in [-0.15, -0.1) is 0 Å². The molecule has 0 saturated carbocycles. The van der Waals surface area contributed by atoms with E-state index < -0.39 is 16.2 Å². The van der Waals surface area contributed by atoms with Crippen LogP contribution in [-0.4, -0.2) is 48.4 Å². The predicted molar refractivity (Wildman–Crippen MR) is 54.0 cm³/mol. The molecule has 0 aliphatic rings. The van der Waals surface area contributed by atoms with Gasteiger partial charge in [0.1, 0.15) is 0 Å². The Hall–Kier alpha value is 0.120. The summed E-state index contributed by atoms with van der Waals surface area (Å²) in [5.41, 5.74) is 0.139. The van der Waals surface area contributed by atoms with Crippen molar-refractivity contribution in [1.29, 1.82) is 0 Å². The van der Waals surface area contributed by atoms with Crippen LogP contribution < -0.4 is 4.72 Å². The van der Waals surface area contributed by atoms with Gasteiger partial charge in [-0.2, -0.15) is 8.42 Å². The first-order chi connectivity index (χ1) is 5.78. The largest absolute Gasteiger partial charge is 0.359 e. The average molecular weight is 230 g/mol. The predicted octanol–water partition coefficient (Wildman–Crippen LogP) is 0.127. The summed E-state index contributed by atoms with van der Waals surface area (Å²) < 4.78 is 30.2. The van der Waals surface area contributed by atoms with E-state index >= 15 is 0 Å². The maximum absolute atomic E-state index is 11.0. The van der Waals surface area contributed by atoms with Crippen LogP contribution in [0.25, 0.3) is 0 Å². The molecule has 0 saturated heterocycles. The van der Waals surface area contributed by atoms with Gasteiger partial charge in [0.25, 0.3) is 5.91 Å². The molecule has 0 heterocycles. The second-order valence-corrected chi connectivity index (χ2v) is 3.90. The number of rotatable bonds is 4. The zero-order valence-corrected chi connectivity index (χ0v) is 11.4. The Bertz CT molecular complexity index is 312. The summed E-state index contributed by atoms with van der Waals surface area (Å²) in [5, 5.41) is 0. The molecule has 0 aromatic heterocycles. The Kier molecular flexibility index (Phi) is 7.77. The molecule has 0 aliphatic carbocycles. The quantitative estimate of drug-likeness (QED) is 0.408. The van der Waals surface area contributed by atoms with Gasteiger partial charge in [-0.05, 0) is 12.3 Å². The minimum atomic E-state index is -4.47. The van der Waals surface area contributed by atoms with Crippen LogP contribution in [0, 0.1) is 5.92 Å². The smallest absolute Gasteiger partial charge is 0.269 e. The van der Waals surface area contributed by atoms with Crippen molar-refractivity contribution >= 4 is 45.8 Å². The van der Waals surface area contributed by atoms with E-state index in [1.165, 1.54) is 4.72 Å². The molecule has 77 valence electrons. The van der Waals surface area contributed by atoms with Crippen LogP contribution in [0.15, 0.2) is 12.2 Å². The molecule has 14 heavy (non-hydrogen) atoms. The van der Waals surface area contributed by atoms with E-state index in [1.54, 1.807) is 6.92 Å². The summed E-state index contributed by atoms with van der Waals surface area (Å²) in [4.78, 5) is 11.0. The third-order valence-electron chi connectivity index (χ3n) is 1.72. The molecule has 1 atom stereocenters. The zero-order chi connectivity index (χ0) is 10.6. The summed E-state index contributed by atoms with van der Waals surface area (Å²) in [6, 6.07) is 0. The standard InChI is InChI=1S/C7H13NO4S.Na/c1-4-5(2)6(3)7(9)8-13(10,11)12;/h5H,3-4H2,1-2H3,(H,8,9)(H,10,11,12);. The summed E-state index contributed by atoms with van der Waals surface area (Å²) in [5.74, 6) is -0.974. The first kappa shape index (κ1) is 16.5. The van der Waals surface area contributed by atoms with E-state index in [1.807, 2.05) is 6.92 Å². The van der Waals surface area contributed by atoms with Crippen LogP contribution in [0.1, 0.15) is 20.3 Å². The van der Waals surface area contributed by atoms with E-state index in [0.717, 1.165) is 0 Å². The molecule has 0 spiro atoms. The molecule has 2 N–H and O–H groups in total. The van der Waals surface area contributed by atoms with Crippen LogP contribution in [0.3, 0.4) is 0 Å². The molecule has 1 amide bonds. The van der Waals surface area contributed by atoms with Gasteiger partial charge in [0.05, 0.1) is 0 Å². The molecule has 0 rings (SSSR count). The van der Waals surface area contributed by atoms with Gasteiger partial charge in [-0.25, -0.2) is 4.72 Å². The summed E-state index contributed by atoms with van der Waals surface area (Å²) in [6.07, 6.45) is 0.678. The third kappa shape index (κ3) is 6.56. The van der Waals surface area contributed by atoms with Crippen molar-refractivity contribution < 1.29 is 17.8 Å². The van der Waals surface area contributed by atoms with Gasteiger partial charge in [0.2, 0.25) is 0 Å². The van der Waals surface area contributed by atoms with Crippen LogP contribution >= 0.6 is 0 Å². The zero-order valence-electron chi connectivity index (χ0n) is 8.57. The molecule has 0 fully saturated rings. The first-order valence-corrected chi connectivity index (χ1v) is 5.20. The topological polar surface area (TPSA) is 83.5 Å². The molecule has 1 radical (unpaired) electrons. The van der Waals surface area contributed by atoms with Crippen LogP contribution in [0.2, 0.25) is 0 Å². The van der Waals surface area contributed by atoms with Crippen molar-refractivity contribution in [2.24, 2.45) is 5.92 Å². The Morgan fingerprint density at radius 2 is 2.00 bits per heavy atom. The maximum atomic E-state index is 11.0. The fourth-order valence-corrected chi connectivity index (χ4v) is 1.02. The van der Waals surface area contributed by atoms with E-state index in [-0.39, 0.29) is 41.0 Å². The van der Waals surface area contributed by atoms with Crippen molar-refractivity contribution in [3.63, 3.8) is 0 Å². The molecule has 7 heteroatoms. The number of nitrogens with one attached hydrogen (secondary N) is 1. The van der Waals surface area contributed by atoms with Crippen molar-refractivity contribution in [2.45, 2.75) is 20.3 Å². The Balaban J connectivity index is 0. The first-order valence-electron chi connectivity index (χ1n) is 3.76. The minimum absolute atomic E-state index is 0. The number of carbonyl (C=O) groups excluding carboxylic acids is 1. The summed E-state index contributed by atoms with van der Waals surface area (Å²) >= 11 is 0. The summed E-state index contributed by atoms with van der Waals surface area (Å²) in [7, 11) is -4.47. The fourth-order valence-electron chi connectivity index (χ4n) is 0.653. The van der Waals surface area contributed by atoms with E-state index in [4.69, 9.17) is 4.55 Å². The second-order valence-electron chi connectivity index (χ2n) is 2.74. The van der Waals surface area contributed by atoms with E-state index in [2.05, 4.69) is 6.58 Å². The van der Waals surface area contributed by atoms with Crippen molar-refractivity contribution in [2.75, 3.05) is 0 Å². The van der Waals surface area contributed by atoms with Crippen molar-refractivity contribution in [1.82, 2.24) is 4.72 Å². The third-order valence-corrected chi connectivity index (χ3v) is 2.16. The molecule has 0 aromatic carbocycles.